The van der Waals surface area contributed by atoms with E-state index in [0.29, 0.717) is 30.2 Å². The van der Waals surface area contributed by atoms with Crippen LogP contribution in [-0.2, 0) is 0 Å². The molecule has 1 amide bonds. The first-order valence-electron chi connectivity index (χ1n) is 10.2. The van der Waals surface area contributed by atoms with Crippen LogP contribution in [0.4, 0.5) is 11.4 Å². The molecular weight excluding hydrogens is 366 g/mol. The molecule has 1 aliphatic rings. The summed E-state index contributed by atoms with van der Waals surface area (Å²) in [5.74, 6) is 1.26. The predicted octanol–water partition coefficient (Wildman–Crippen LogP) is 3.51. The van der Waals surface area contributed by atoms with E-state index in [1.54, 1.807) is 32.4 Å². The van der Waals surface area contributed by atoms with Crippen LogP contribution in [0.25, 0.3) is 0 Å². The molecule has 0 unspecified atom stereocenters. The van der Waals surface area contributed by atoms with Gasteiger partial charge in [-0.2, -0.15) is 0 Å². The molecule has 0 saturated carbocycles. The maximum atomic E-state index is 13.0. The molecule has 0 aliphatic carbocycles. The van der Waals surface area contributed by atoms with Crippen LogP contribution in [0.2, 0.25) is 0 Å². The summed E-state index contributed by atoms with van der Waals surface area (Å²) in [7, 11) is 3.18. The van der Waals surface area contributed by atoms with E-state index in [9.17, 15) is 4.79 Å². The van der Waals surface area contributed by atoms with Gasteiger partial charge in [0.1, 0.15) is 11.5 Å². The van der Waals surface area contributed by atoms with Crippen LogP contribution in [0.5, 0.6) is 11.5 Å². The fourth-order valence-corrected chi connectivity index (χ4v) is 3.74. The van der Waals surface area contributed by atoms with Crippen molar-refractivity contribution in [1.29, 1.82) is 0 Å². The van der Waals surface area contributed by atoms with Crippen molar-refractivity contribution in [2.24, 2.45) is 0 Å². The Kier molecular flexibility index (Phi) is 6.86. The Labute approximate surface area is 173 Å². The van der Waals surface area contributed by atoms with Crippen LogP contribution in [0.1, 0.15) is 24.2 Å². The summed E-state index contributed by atoms with van der Waals surface area (Å²) in [4.78, 5) is 19.5. The third-order valence-corrected chi connectivity index (χ3v) is 5.51. The molecular formula is C23H31N3O3. The minimum Gasteiger partial charge on any atom is -0.497 e. The Morgan fingerprint density at radius 2 is 1.45 bits per heavy atom. The topological polar surface area (TPSA) is 45.2 Å². The number of anilines is 2. The molecule has 2 aromatic rings. The molecule has 0 aromatic heterocycles. The van der Waals surface area contributed by atoms with Gasteiger partial charge in [-0.25, -0.2) is 0 Å². The van der Waals surface area contributed by atoms with Crippen molar-refractivity contribution in [3.05, 3.63) is 48.0 Å². The number of hydrogen-bond donors (Lipinski definition) is 0. The lowest BCUT2D eigenvalue weighted by atomic mass is 10.1. The average molecular weight is 398 g/mol. The third kappa shape index (κ3) is 4.75. The first kappa shape index (κ1) is 20.8. The number of carbonyl (C=O) groups is 1. The maximum absolute atomic E-state index is 13.0. The number of nitrogens with zero attached hydrogens (tertiary/aromatic N) is 3. The van der Waals surface area contributed by atoms with E-state index in [1.165, 1.54) is 11.4 Å². The van der Waals surface area contributed by atoms with Crippen molar-refractivity contribution in [2.75, 3.05) is 63.3 Å². The lowest BCUT2D eigenvalue weighted by Gasteiger charge is -2.36. The van der Waals surface area contributed by atoms with Crippen LogP contribution in [0.3, 0.4) is 0 Å². The van der Waals surface area contributed by atoms with Gasteiger partial charge in [-0.15, -0.1) is 0 Å². The second-order valence-corrected chi connectivity index (χ2v) is 7.07. The van der Waals surface area contributed by atoms with Crippen LogP contribution >= 0.6 is 0 Å². The number of piperazine rings is 1. The van der Waals surface area contributed by atoms with Crippen molar-refractivity contribution in [1.82, 2.24) is 4.90 Å². The van der Waals surface area contributed by atoms with Crippen molar-refractivity contribution in [2.45, 2.75) is 13.8 Å². The summed E-state index contributed by atoms with van der Waals surface area (Å²) in [5, 5.41) is 0. The monoisotopic (exact) mass is 397 g/mol. The number of methoxy groups -OCH3 is 2. The lowest BCUT2D eigenvalue weighted by molar-refractivity contribution is 0.0746. The highest BCUT2D eigenvalue weighted by Gasteiger charge is 2.23. The number of amides is 1. The Bertz CT molecular complexity index is 788. The van der Waals surface area contributed by atoms with Crippen molar-refractivity contribution >= 4 is 17.3 Å². The Hall–Kier alpha value is -2.89. The highest BCUT2D eigenvalue weighted by Crippen LogP contribution is 2.25. The van der Waals surface area contributed by atoms with Gasteiger partial charge in [-0.1, -0.05) is 0 Å². The third-order valence-electron chi connectivity index (χ3n) is 5.51. The number of ether oxygens (including phenoxy) is 2. The quantitative estimate of drug-likeness (QED) is 0.715. The molecule has 6 nitrogen and oxygen atoms in total. The van der Waals surface area contributed by atoms with E-state index in [-0.39, 0.29) is 5.91 Å². The standard InChI is InChI=1S/C23H31N3O3/c1-5-24(6-2)19-7-9-20(10-8-19)25-11-13-26(14-12-25)23(27)18-15-21(28-3)17-22(16-18)29-4/h7-10,15-17H,5-6,11-14H2,1-4H3. The SMILES string of the molecule is CCN(CC)c1ccc(N2CCN(C(=O)c3cc(OC)cc(OC)c3)CC2)cc1. The lowest BCUT2D eigenvalue weighted by Crippen LogP contribution is -2.48. The van der Waals surface area contributed by atoms with Gasteiger partial charge in [0.15, 0.2) is 0 Å². The fourth-order valence-electron chi connectivity index (χ4n) is 3.74. The largest absolute Gasteiger partial charge is 0.497 e. The summed E-state index contributed by atoms with van der Waals surface area (Å²) < 4.78 is 10.6. The minimum atomic E-state index is 0.0127. The van der Waals surface area contributed by atoms with Gasteiger partial charge in [0.2, 0.25) is 0 Å². The van der Waals surface area contributed by atoms with E-state index in [2.05, 4.69) is 47.9 Å². The Balaban J connectivity index is 1.64. The molecule has 29 heavy (non-hydrogen) atoms. The first-order valence-corrected chi connectivity index (χ1v) is 10.2. The van der Waals surface area contributed by atoms with E-state index in [4.69, 9.17) is 9.47 Å². The number of rotatable bonds is 7. The molecule has 1 fully saturated rings. The van der Waals surface area contributed by atoms with Gasteiger partial charge in [0.25, 0.3) is 5.91 Å². The summed E-state index contributed by atoms with van der Waals surface area (Å²) in [6.07, 6.45) is 0. The molecule has 3 rings (SSSR count). The molecule has 156 valence electrons. The van der Waals surface area contributed by atoms with Crippen molar-refractivity contribution in [3.63, 3.8) is 0 Å². The molecule has 6 heteroatoms. The summed E-state index contributed by atoms with van der Waals surface area (Å²) >= 11 is 0. The molecule has 1 saturated heterocycles. The van der Waals surface area contributed by atoms with Gasteiger partial charge in [-0.3, -0.25) is 4.79 Å². The second-order valence-electron chi connectivity index (χ2n) is 7.07. The van der Waals surface area contributed by atoms with Gasteiger partial charge in [0.05, 0.1) is 14.2 Å². The number of carbonyl (C=O) groups excluding carboxylic acids is 1. The summed E-state index contributed by atoms with van der Waals surface area (Å²) in [5.41, 5.74) is 3.05. The number of benzene rings is 2. The van der Waals surface area contributed by atoms with Crippen LogP contribution in [-0.4, -0.2) is 64.3 Å². The van der Waals surface area contributed by atoms with E-state index >= 15 is 0 Å². The highest BCUT2D eigenvalue weighted by molar-refractivity contribution is 5.95. The van der Waals surface area contributed by atoms with Gasteiger partial charge in [-0.05, 0) is 50.2 Å². The molecule has 2 aromatic carbocycles. The second kappa shape index (κ2) is 9.54. The highest BCUT2D eigenvalue weighted by atomic mass is 16.5. The zero-order valence-electron chi connectivity index (χ0n) is 17.9. The van der Waals surface area contributed by atoms with Crippen molar-refractivity contribution in [3.8, 4) is 11.5 Å². The minimum absolute atomic E-state index is 0.0127. The van der Waals surface area contributed by atoms with Crippen LogP contribution < -0.4 is 19.3 Å². The Morgan fingerprint density at radius 3 is 1.93 bits per heavy atom. The van der Waals surface area contributed by atoms with E-state index in [0.717, 1.165) is 26.2 Å². The summed E-state index contributed by atoms with van der Waals surface area (Å²) in [6, 6.07) is 14.0. The van der Waals surface area contributed by atoms with Gasteiger partial charge >= 0.3 is 0 Å². The first-order chi connectivity index (χ1) is 14.1. The summed E-state index contributed by atoms with van der Waals surface area (Å²) in [6.45, 7) is 9.37. The molecule has 0 spiro atoms. The smallest absolute Gasteiger partial charge is 0.254 e. The van der Waals surface area contributed by atoms with Crippen molar-refractivity contribution < 1.29 is 14.3 Å². The predicted molar refractivity (Wildman–Crippen MR) is 118 cm³/mol. The maximum Gasteiger partial charge on any atom is 0.254 e. The number of hydrogen-bond acceptors (Lipinski definition) is 5. The molecule has 0 N–H and O–H groups in total. The average Bonchev–Trinajstić information content (AvgIpc) is 2.79. The Morgan fingerprint density at radius 1 is 0.897 bits per heavy atom. The zero-order valence-corrected chi connectivity index (χ0v) is 17.9. The molecule has 0 bridgehead atoms. The zero-order chi connectivity index (χ0) is 20.8. The van der Waals surface area contributed by atoms with Crippen LogP contribution in [0, 0.1) is 0 Å². The van der Waals surface area contributed by atoms with E-state index in [1.807, 2.05) is 4.90 Å². The van der Waals surface area contributed by atoms with E-state index < -0.39 is 0 Å². The normalized spacial score (nSPS) is 13.9. The van der Waals surface area contributed by atoms with Gasteiger partial charge in [0, 0.05) is 62.3 Å². The molecule has 0 atom stereocenters. The molecule has 1 heterocycles. The van der Waals surface area contributed by atoms with Gasteiger partial charge < -0.3 is 24.2 Å². The fraction of sp³-hybridized carbons (Fsp3) is 0.435. The van der Waals surface area contributed by atoms with Crippen LogP contribution in [0.15, 0.2) is 42.5 Å². The molecule has 0 radical (unpaired) electrons. The molecule has 1 aliphatic heterocycles.